The quantitative estimate of drug-likeness (QED) is 0.707. The van der Waals surface area contributed by atoms with Gasteiger partial charge in [-0.3, -0.25) is 9.48 Å². The van der Waals surface area contributed by atoms with Crippen molar-refractivity contribution < 1.29 is 13.6 Å². The van der Waals surface area contributed by atoms with Crippen LogP contribution in [0.5, 0.6) is 0 Å². The molecule has 0 bridgehead atoms. The molecule has 1 amide bonds. The highest BCUT2D eigenvalue weighted by Crippen LogP contribution is 2.22. The maximum absolute atomic E-state index is 13.6. The molecule has 0 aliphatic heterocycles. The number of halogens is 4. The lowest BCUT2D eigenvalue weighted by Gasteiger charge is -2.06. The van der Waals surface area contributed by atoms with Gasteiger partial charge in [-0.2, -0.15) is 5.10 Å². The van der Waals surface area contributed by atoms with Crippen molar-refractivity contribution in [3.05, 3.63) is 81.5 Å². The number of benzene rings is 2. The molecule has 1 N–H and O–H groups in total. The van der Waals surface area contributed by atoms with Crippen LogP contribution >= 0.6 is 23.2 Å². The fourth-order valence-electron chi connectivity index (χ4n) is 2.23. The Morgan fingerprint density at radius 3 is 2.52 bits per heavy atom. The number of aromatic nitrogens is 2. The Kier molecular flexibility index (Phi) is 5.01. The van der Waals surface area contributed by atoms with Crippen LogP contribution in [0.25, 0.3) is 0 Å². The van der Waals surface area contributed by atoms with Gasteiger partial charge >= 0.3 is 0 Å². The van der Waals surface area contributed by atoms with Gasteiger partial charge in [0.1, 0.15) is 17.2 Å². The molecule has 4 nitrogen and oxygen atoms in total. The second kappa shape index (κ2) is 7.21. The minimum atomic E-state index is -0.940. The van der Waals surface area contributed by atoms with Crippen LogP contribution in [-0.2, 0) is 6.54 Å². The largest absolute Gasteiger partial charge is 0.305 e. The average molecular weight is 382 g/mol. The van der Waals surface area contributed by atoms with Crippen molar-refractivity contribution in [2.75, 3.05) is 5.32 Å². The van der Waals surface area contributed by atoms with Gasteiger partial charge in [0.15, 0.2) is 5.82 Å². The van der Waals surface area contributed by atoms with Gasteiger partial charge in [0.2, 0.25) is 0 Å². The lowest BCUT2D eigenvalue weighted by Crippen LogP contribution is -2.16. The van der Waals surface area contributed by atoms with Gasteiger partial charge in [0.25, 0.3) is 5.91 Å². The first-order valence-corrected chi connectivity index (χ1v) is 7.92. The summed E-state index contributed by atoms with van der Waals surface area (Å²) in [5.41, 5.74) is 0.130. The van der Waals surface area contributed by atoms with E-state index in [1.54, 1.807) is 24.4 Å². The monoisotopic (exact) mass is 381 g/mol. The molecule has 0 aliphatic rings. The Labute approximate surface area is 152 Å². The van der Waals surface area contributed by atoms with E-state index < -0.39 is 23.1 Å². The van der Waals surface area contributed by atoms with Crippen molar-refractivity contribution in [2.45, 2.75) is 6.54 Å². The minimum absolute atomic E-state index is 0.165. The number of nitrogens with zero attached hydrogens (tertiary/aromatic N) is 2. The van der Waals surface area contributed by atoms with E-state index in [9.17, 15) is 13.6 Å². The number of anilines is 1. The summed E-state index contributed by atoms with van der Waals surface area (Å²) in [6.07, 6.45) is 1.61. The maximum atomic E-state index is 13.6. The third-order valence-corrected chi connectivity index (χ3v) is 4.01. The summed E-state index contributed by atoms with van der Waals surface area (Å²) in [6.45, 7) is 0.347. The second-order valence-electron chi connectivity index (χ2n) is 5.19. The van der Waals surface area contributed by atoms with Crippen molar-refractivity contribution in [1.82, 2.24) is 9.78 Å². The number of amides is 1. The smallest absolute Gasteiger partial charge is 0.262 e. The average Bonchev–Trinajstić information content (AvgIpc) is 2.97. The van der Waals surface area contributed by atoms with Crippen molar-refractivity contribution in [2.24, 2.45) is 0 Å². The van der Waals surface area contributed by atoms with E-state index in [1.807, 2.05) is 0 Å². The fraction of sp³-hybridized carbons (Fsp3) is 0.0588. The van der Waals surface area contributed by atoms with Crippen LogP contribution in [0.15, 0.2) is 48.7 Å². The van der Waals surface area contributed by atoms with Crippen LogP contribution in [0.3, 0.4) is 0 Å². The maximum Gasteiger partial charge on any atom is 0.262 e. The molecule has 3 rings (SSSR count). The van der Waals surface area contributed by atoms with E-state index in [0.29, 0.717) is 16.6 Å². The molecule has 1 heterocycles. The molecule has 0 spiro atoms. The summed E-state index contributed by atoms with van der Waals surface area (Å²) in [4.78, 5) is 12.0. The summed E-state index contributed by atoms with van der Waals surface area (Å²) >= 11 is 12.0. The van der Waals surface area contributed by atoms with E-state index in [2.05, 4.69) is 10.4 Å². The van der Waals surface area contributed by atoms with E-state index in [-0.39, 0.29) is 5.82 Å². The molecule has 0 radical (unpaired) electrons. The van der Waals surface area contributed by atoms with Crippen LogP contribution in [0.1, 0.15) is 15.9 Å². The Morgan fingerprint density at radius 2 is 1.84 bits per heavy atom. The number of carbonyl (C=O) groups is 1. The normalized spacial score (nSPS) is 10.7. The molecular formula is C17H11Cl2F2N3O. The minimum Gasteiger partial charge on any atom is -0.305 e. The summed E-state index contributed by atoms with van der Waals surface area (Å²) < 4.78 is 28.8. The Hall–Kier alpha value is -2.44. The molecule has 8 heteroatoms. The third kappa shape index (κ3) is 3.97. The predicted molar refractivity (Wildman–Crippen MR) is 92.1 cm³/mol. The zero-order valence-electron chi connectivity index (χ0n) is 12.6. The van der Waals surface area contributed by atoms with Crippen LogP contribution in [-0.4, -0.2) is 15.7 Å². The Bertz CT molecular complexity index is 923. The molecule has 0 unspecified atom stereocenters. The zero-order valence-corrected chi connectivity index (χ0v) is 14.2. The molecule has 2 aromatic carbocycles. The standard InChI is InChI=1S/C17H11Cl2F2N3O/c18-11-5-4-10(12(19)8-11)9-24-7-6-15(23-24)22-17(25)16-13(20)2-1-3-14(16)21/h1-8H,9H2,(H,22,23,25). The van der Waals surface area contributed by atoms with Crippen molar-refractivity contribution >= 4 is 34.9 Å². The van der Waals surface area contributed by atoms with Gasteiger partial charge in [-0.25, -0.2) is 8.78 Å². The number of rotatable bonds is 4. The number of nitrogens with one attached hydrogen (secondary N) is 1. The van der Waals surface area contributed by atoms with Crippen LogP contribution in [0.2, 0.25) is 10.0 Å². The first-order chi connectivity index (χ1) is 11.9. The lowest BCUT2D eigenvalue weighted by molar-refractivity contribution is 0.101. The molecule has 0 fully saturated rings. The summed E-state index contributed by atoms with van der Waals surface area (Å²) in [5, 5.41) is 7.52. The van der Waals surface area contributed by atoms with Crippen LogP contribution in [0.4, 0.5) is 14.6 Å². The Balaban J connectivity index is 1.74. The van der Waals surface area contributed by atoms with E-state index in [0.717, 1.165) is 17.7 Å². The van der Waals surface area contributed by atoms with E-state index >= 15 is 0 Å². The predicted octanol–water partition coefficient (Wildman–Crippen LogP) is 4.77. The lowest BCUT2D eigenvalue weighted by atomic mass is 10.2. The number of hydrogen-bond donors (Lipinski definition) is 1. The highest BCUT2D eigenvalue weighted by molar-refractivity contribution is 6.35. The first kappa shape index (κ1) is 17.4. The molecule has 3 aromatic rings. The van der Waals surface area contributed by atoms with Crippen LogP contribution in [0, 0.1) is 11.6 Å². The highest BCUT2D eigenvalue weighted by atomic mass is 35.5. The summed E-state index contributed by atoms with van der Waals surface area (Å²) in [5.74, 6) is -2.63. The third-order valence-electron chi connectivity index (χ3n) is 3.42. The van der Waals surface area contributed by atoms with Gasteiger partial charge in [-0.1, -0.05) is 35.3 Å². The zero-order chi connectivity index (χ0) is 18.0. The van der Waals surface area contributed by atoms with Crippen LogP contribution < -0.4 is 5.32 Å². The molecule has 128 valence electrons. The van der Waals surface area contributed by atoms with Gasteiger partial charge in [-0.05, 0) is 29.8 Å². The van der Waals surface area contributed by atoms with Crippen molar-refractivity contribution in [3.63, 3.8) is 0 Å². The van der Waals surface area contributed by atoms with Crippen molar-refractivity contribution in [1.29, 1.82) is 0 Å². The SMILES string of the molecule is O=C(Nc1ccn(Cc2ccc(Cl)cc2Cl)n1)c1c(F)cccc1F. The van der Waals surface area contributed by atoms with Gasteiger partial charge in [0.05, 0.1) is 6.54 Å². The van der Waals surface area contributed by atoms with Gasteiger partial charge in [-0.15, -0.1) is 0 Å². The van der Waals surface area contributed by atoms with E-state index in [4.69, 9.17) is 23.2 Å². The van der Waals surface area contributed by atoms with Crippen molar-refractivity contribution in [3.8, 4) is 0 Å². The molecule has 0 saturated heterocycles. The van der Waals surface area contributed by atoms with Gasteiger partial charge in [0, 0.05) is 22.3 Å². The van der Waals surface area contributed by atoms with Gasteiger partial charge < -0.3 is 5.32 Å². The molecule has 1 aromatic heterocycles. The molecule has 0 aliphatic carbocycles. The number of carbonyl (C=O) groups excluding carboxylic acids is 1. The highest BCUT2D eigenvalue weighted by Gasteiger charge is 2.18. The fourth-order valence-corrected chi connectivity index (χ4v) is 2.70. The molecule has 0 atom stereocenters. The first-order valence-electron chi connectivity index (χ1n) is 7.17. The summed E-state index contributed by atoms with van der Waals surface area (Å²) in [7, 11) is 0. The molecular weight excluding hydrogens is 371 g/mol. The molecule has 25 heavy (non-hydrogen) atoms. The topological polar surface area (TPSA) is 46.9 Å². The number of hydrogen-bond acceptors (Lipinski definition) is 2. The second-order valence-corrected chi connectivity index (χ2v) is 6.03. The van der Waals surface area contributed by atoms with E-state index in [1.165, 1.54) is 16.8 Å². The summed E-state index contributed by atoms with van der Waals surface area (Å²) in [6, 6.07) is 9.81. The Morgan fingerprint density at radius 1 is 1.12 bits per heavy atom. The molecule has 0 saturated carbocycles.